The third-order valence-corrected chi connectivity index (χ3v) is 23.9. The maximum atomic E-state index is 6.02. The quantitative estimate of drug-likeness (QED) is 0.185. The Balaban J connectivity index is 0.000000121. The zero-order chi connectivity index (χ0) is 81.3. The van der Waals surface area contributed by atoms with E-state index in [0.29, 0.717) is 23.7 Å². The Hall–Kier alpha value is -12.6. The second-order valence-electron chi connectivity index (χ2n) is 31.1. The largest absolute Gasteiger partial charge is 0.388 e. The number of fused-ring (bicyclic) bond motifs is 18. The van der Waals surface area contributed by atoms with Crippen LogP contribution in [-0.2, 0) is 23.7 Å². The molecule has 117 heavy (non-hydrogen) atoms. The van der Waals surface area contributed by atoms with Crippen LogP contribution < -0.4 is 10.2 Å². The van der Waals surface area contributed by atoms with Crippen LogP contribution in [0.2, 0.25) is 5.02 Å². The molecule has 4 unspecified atom stereocenters. The molecule has 3 heteroatoms. The van der Waals surface area contributed by atoms with Gasteiger partial charge in [0.05, 0.1) is 0 Å². The first-order valence-corrected chi connectivity index (χ1v) is 42.2. The third kappa shape index (κ3) is 17.7. The zero-order valence-corrected chi connectivity index (χ0v) is 70.1. The molecule has 0 fully saturated rings. The van der Waals surface area contributed by atoms with Gasteiger partial charge in [-0.15, -0.1) is 0 Å². The lowest BCUT2D eigenvalue weighted by Crippen LogP contribution is -2.21. The van der Waals surface area contributed by atoms with Gasteiger partial charge in [0.15, 0.2) is 0 Å². The number of allylic oxidation sites excluding steroid dienone is 24. The molecule has 580 valence electrons. The van der Waals surface area contributed by atoms with Crippen molar-refractivity contribution in [3.05, 3.63) is 496 Å². The van der Waals surface area contributed by atoms with Crippen LogP contribution in [-0.4, -0.2) is 14.1 Å². The van der Waals surface area contributed by atoms with Gasteiger partial charge < -0.3 is 10.2 Å². The van der Waals surface area contributed by atoms with Gasteiger partial charge >= 0.3 is 0 Å². The Morgan fingerprint density at radius 2 is 0.624 bits per heavy atom. The highest BCUT2D eigenvalue weighted by Gasteiger charge is 2.38. The Morgan fingerprint density at radius 3 is 1.02 bits per heavy atom. The summed E-state index contributed by atoms with van der Waals surface area (Å²) in [6.45, 7) is 17.3. The smallest absolute Gasteiger partial charge is 0.0411 e. The molecule has 0 aromatic heterocycles. The van der Waals surface area contributed by atoms with Crippen molar-refractivity contribution < 1.29 is 0 Å². The topological polar surface area (TPSA) is 15.3 Å². The van der Waals surface area contributed by atoms with Crippen LogP contribution in [0.1, 0.15) is 111 Å². The zero-order valence-electron chi connectivity index (χ0n) is 69.3. The van der Waals surface area contributed by atoms with E-state index in [1.165, 1.54) is 151 Å². The van der Waals surface area contributed by atoms with Gasteiger partial charge in [0.1, 0.15) is 0 Å². The normalized spacial score (nSPS) is 17.4. The number of rotatable bonds is 5. The lowest BCUT2D eigenvalue weighted by molar-refractivity contribution is 0.618. The molecule has 10 aliphatic carbocycles. The van der Waals surface area contributed by atoms with Crippen LogP contribution in [0.15, 0.2) is 435 Å². The maximum Gasteiger partial charge on any atom is 0.0411 e. The van der Waals surface area contributed by atoms with Crippen LogP contribution >= 0.6 is 11.6 Å². The molecule has 0 aliphatic heterocycles. The maximum absolute atomic E-state index is 6.02. The molecule has 0 heterocycles. The predicted molar refractivity (Wildman–Crippen MR) is 506 cm³/mol. The fourth-order valence-corrected chi connectivity index (χ4v) is 17.8. The van der Waals surface area contributed by atoms with E-state index in [2.05, 4.69) is 373 Å². The van der Waals surface area contributed by atoms with E-state index in [1.807, 2.05) is 120 Å². The Kier molecular flexibility index (Phi) is 26.2. The molecule has 22 rings (SSSR count). The van der Waals surface area contributed by atoms with E-state index in [-0.39, 0.29) is 10.8 Å². The molecule has 0 radical (unpaired) electrons. The minimum Gasteiger partial charge on any atom is -0.388 e. The standard InChI is InChI=1S/C36H31N.C20H15Cl.C16H17N.2C13H10.2C6H6.2C2H6/c1-36(2)34-15-9-8-14-31(34)32-21-20-27(23-35(32)36)37(3)26-18-16-24(17-19-26)33-22-25-10-4-5-11-28(25)29-12-6-7-13-30(29)33;21-16-11-9-14(10-12-16)20-13-15-5-1-2-6-17(15)18-7-3-4-8-19(18)20;1-16(2)14-7-5-4-6-12(14)13-9-8-11(17-3)10-15(13)16;2*1-3-7-12-10(5-1)9-11-6-2-4-8-13(11)12;2*1-2-4-6-5-3-1;2*1-2/h4-23,28-29H,1-3H3;1-13,17-18H;4-10,17H,1-3H3;2*1-8H,9H2;2*1-6H;2*1-2H3. The van der Waals surface area contributed by atoms with Gasteiger partial charge in [-0.1, -0.05) is 431 Å². The number of hydrogen-bond donors (Lipinski definition) is 1. The fourth-order valence-electron chi connectivity index (χ4n) is 17.7. The van der Waals surface area contributed by atoms with Crippen molar-refractivity contribution in [1.82, 2.24) is 0 Å². The first-order valence-electron chi connectivity index (χ1n) is 41.8. The number of benzene rings is 12. The lowest BCUT2D eigenvalue weighted by Gasteiger charge is -2.33. The van der Waals surface area contributed by atoms with Crippen LogP contribution in [0, 0.1) is 23.7 Å². The van der Waals surface area contributed by atoms with Crippen molar-refractivity contribution in [1.29, 1.82) is 0 Å². The second-order valence-corrected chi connectivity index (χ2v) is 31.5. The van der Waals surface area contributed by atoms with Crippen molar-refractivity contribution in [3.8, 4) is 44.5 Å². The monoisotopic (exact) mass is 1540 g/mol. The van der Waals surface area contributed by atoms with Crippen LogP contribution in [0.25, 0.3) is 55.7 Å². The van der Waals surface area contributed by atoms with E-state index in [0.717, 1.165) is 17.9 Å². The Bertz CT molecular complexity index is 5620. The Morgan fingerprint density at radius 1 is 0.308 bits per heavy atom. The highest BCUT2D eigenvalue weighted by Crippen LogP contribution is 2.52. The van der Waals surface area contributed by atoms with Gasteiger partial charge in [-0.3, -0.25) is 0 Å². The molecule has 1 N–H and O–H groups in total. The highest BCUT2D eigenvalue weighted by atomic mass is 35.5. The minimum atomic E-state index is 0.00803. The van der Waals surface area contributed by atoms with Crippen molar-refractivity contribution in [3.63, 3.8) is 0 Å². The Labute approximate surface area is 702 Å². The number of halogens is 1. The van der Waals surface area contributed by atoms with Crippen molar-refractivity contribution in [2.45, 2.75) is 79.1 Å². The SMILES string of the molecule is CC.CC.CN(c1ccc(C2=C3C=CC=CC3C3C=CC=CC3=C2)cc1)c1ccc2c(c1)C(C)(C)c1ccccc1-2.CNc1ccc2c(c1)C(C)(C)c1ccccc1-2.Clc1ccc(C2=C3C=CC=CC3C3C=CC=CC3=C2)cc1.c1ccc2c(c1)Cc1ccccc1-2.c1ccc2c(c1)Cc1ccccc1-2.c1ccccc1.c1ccccc1. The van der Waals surface area contributed by atoms with Crippen LogP contribution in [0.4, 0.5) is 17.1 Å². The van der Waals surface area contributed by atoms with E-state index in [9.17, 15) is 0 Å². The van der Waals surface area contributed by atoms with E-state index in [4.69, 9.17) is 11.6 Å². The first-order chi connectivity index (χ1) is 57.4. The van der Waals surface area contributed by atoms with Gasteiger partial charge in [0.25, 0.3) is 0 Å². The summed E-state index contributed by atoms with van der Waals surface area (Å²) < 4.78 is 0. The molecular formula is C114H107ClN2. The summed E-state index contributed by atoms with van der Waals surface area (Å²) in [7, 11) is 4.14. The average Bonchev–Trinajstić information content (AvgIpc) is 1.60. The number of nitrogens with zero attached hydrogens (tertiary/aromatic N) is 1. The summed E-state index contributed by atoms with van der Waals surface area (Å²) in [4.78, 5) is 2.30. The van der Waals surface area contributed by atoms with Crippen molar-refractivity contribution in [2.75, 3.05) is 24.3 Å². The van der Waals surface area contributed by atoms with Crippen molar-refractivity contribution >= 4 is 39.8 Å². The van der Waals surface area contributed by atoms with Crippen molar-refractivity contribution in [2.24, 2.45) is 23.7 Å². The summed E-state index contributed by atoms with van der Waals surface area (Å²) >= 11 is 6.02. The summed E-state index contributed by atoms with van der Waals surface area (Å²) in [6.07, 6.45) is 42.5. The fraction of sp³-hybridized carbons (Fsp3) is 0.158. The van der Waals surface area contributed by atoms with Gasteiger partial charge in [0.2, 0.25) is 0 Å². The second kappa shape index (κ2) is 37.8. The molecule has 0 saturated carbocycles. The molecule has 2 nitrogen and oxygen atoms in total. The minimum absolute atomic E-state index is 0.00803. The van der Waals surface area contributed by atoms with Gasteiger partial charge in [-0.05, 0) is 195 Å². The van der Waals surface area contributed by atoms with E-state index < -0.39 is 0 Å². The molecule has 0 spiro atoms. The van der Waals surface area contributed by atoms with Gasteiger partial charge in [-0.25, -0.2) is 0 Å². The van der Waals surface area contributed by atoms with Crippen LogP contribution in [0.3, 0.4) is 0 Å². The molecule has 10 aliphatic rings. The van der Waals surface area contributed by atoms with E-state index >= 15 is 0 Å². The van der Waals surface area contributed by atoms with Crippen LogP contribution in [0.5, 0.6) is 0 Å². The number of nitrogens with one attached hydrogen (secondary N) is 1. The molecule has 0 saturated heterocycles. The highest BCUT2D eigenvalue weighted by molar-refractivity contribution is 6.30. The third-order valence-electron chi connectivity index (χ3n) is 23.6. The predicted octanol–water partition coefficient (Wildman–Crippen LogP) is 30.4. The van der Waals surface area contributed by atoms with Gasteiger partial charge in [0, 0.05) is 70.7 Å². The summed E-state index contributed by atoms with van der Waals surface area (Å²) in [6, 6.07) is 107. The molecule has 12 aromatic rings. The van der Waals surface area contributed by atoms with E-state index in [1.54, 1.807) is 0 Å². The summed E-state index contributed by atoms with van der Waals surface area (Å²) in [5, 5.41) is 4.00. The van der Waals surface area contributed by atoms with Gasteiger partial charge in [-0.2, -0.15) is 0 Å². The molecule has 0 amide bonds. The molecule has 12 aromatic carbocycles. The average molecular weight is 1540 g/mol. The molecular weight excluding hydrogens is 1430 g/mol. The lowest BCUT2D eigenvalue weighted by atomic mass is 9.70. The number of anilines is 3. The molecule has 4 atom stereocenters. The summed E-state index contributed by atoms with van der Waals surface area (Å²) in [5.41, 5.74) is 37.1. The number of hydrogen-bond acceptors (Lipinski definition) is 2. The summed E-state index contributed by atoms with van der Waals surface area (Å²) in [5.74, 6) is 1.73. The first kappa shape index (κ1) is 81.0. The molecule has 0 bridgehead atoms.